The summed E-state index contributed by atoms with van der Waals surface area (Å²) in [6, 6.07) is 18.8. The van der Waals surface area contributed by atoms with Gasteiger partial charge in [-0.25, -0.2) is 4.79 Å². The molecule has 0 unspecified atom stereocenters. The Hall–Kier alpha value is -3.51. The standard InChI is InChI=1S/C31H34N4OS/c1-20-11-16-26(21(2)18-20)32-31(36)35-19-25-24-8-5-6-10-28(24)37-30(25)34-17-7-9-27(34)29(35)22-12-14-23(15-13-22)33(3)4/h7,9,11-18,29H,5-6,8,10,19H2,1-4H3,(H,32,36)/t29-/m1/s1. The van der Waals surface area contributed by atoms with E-state index in [1.807, 2.05) is 22.3 Å². The van der Waals surface area contributed by atoms with Gasteiger partial charge in [0.2, 0.25) is 0 Å². The number of hydrogen-bond donors (Lipinski definition) is 1. The highest BCUT2D eigenvalue weighted by atomic mass is 32.1. The number of nitrogens with one attached hydrogen (secondary N) is 1. The Kier molecular flexibility index (Phi) is 6.07. The maximum absolute atomic E-state index is 14.1. The van der Waals surface area contributed by atoms with Crippen LogP contribution in [0.5, 0.6) is 0 Å². The molecule has 37 heavy (non-hydrogen) atoms. The quantitative estimate of drug-likeness (QED) is 0.316. The van der Waals surface area contributed by atoms with E-state index < -0.39 is 0 Å². The summed E-state index contributed by atoms with van der Waals surface area (Å²) in [6.07, 6.45) is 6.89. The van der Waals surface area contributed by atoms with Gasteiger partial charge >= 0.3 is 6.03 Å². The van der Waals surface area contributed by atoms with Crippen molar-refractivity contribution in [2.75, 3.05) is 24.3 Å². The number of carbonyl (C=O) groups excluding carboxylic acids is 1. The minimum absolute atomic E-state index is 0.0648. The second-order valence-corrected chi connectivity index (χ2v) is 11.6. The summed E-state index contributed by atoms with van der Waals surface area (Å²) >= 11 is 1.92. The number of hydrogen-bond acceptors (Lipinski definition) is 3. The Morgan fingerprint density at radius 1 is 1.00 bits per heavy atom. The average Bonchev–Trinajstić information content (AvgIpc) is 3.47. The third-order valence-corrected chi connectivity index (χ3v) is 9.12. The molecule has 1 atom stereocenters. The van der Waals surface area contributed by atoms with Crippen LogP contribution in [0.3, 0.4) is 0 Å². The number of fused-ring (bicyclic) bond motifs is 5. The average molecular weight is 511 g/mol. The zero-order chi connectivity index (χ0) is 25.7. The molecule has 0 bridgehead atoms. The molecule has 190 valence electrons. The number of nitrogens with zero attached hydrogens (tertiary/aromatic N) is 3. The molecule has 0 spiro atoms. The topological polar surface area (TPSA) is 40.5 Å². The summed E-state index contributed by atoms with van der Waals surface area (Å²) in [7, 11) is 4.10. The Balaban J connectivity index is 1.48. The van der Waals surface area contributed by atoms with Crippen LogP contribution < -0.4 is 10.2 Å². The van der Waals surface area contributed by atoms with Crippen molar-refractivity contribution in [2.45, 2.75) is 52.1 Å². The molecule has 3 heterocycles. The summed E-state index contributed by atoms with van der Waals surface area (Å²) in [5.74, 6) is 0. The summed E-state index contributed by atoms with van der Waals surface area (Å²) < 4.78 is 2.34. The van der Waals surface area contributed by atoms with E-state index in [4.69, 9.17) is 0 Å². The lowest BCUT2D eigenvalue weighted by atomic mass is 9.95. The zero-order valence-electron chi connectivity index (χ0n) is 22.0. The summed E-state index contributed by atoms with van der Waals surface area (Å²) in [4.78, 5) is 19.8. The van der Waals surface area contributed by atoms with Gasteiger partial charge in [0, 0.05) is 42.1 Å². The highest BCUT2D eigenvalue weighted by Gasteiger charge is 2.36. The van der Waals surface area contributed by atoms with Crippen molar-refractivity contribution in [3.8, 4) is 5.00 Å². The second kappa shape index (κ2) is 9.42. The van der Waals surface area contributed by atoms with Crippen LogP contribution in [0.25, 0.3) is 5.00 Å². The third-order valence-electron chi connectivity index (χ3n) is 7.79. The summed E-state index contributed by atoms with van der Waals surface area (Å²) in [6.45, 7) is 4.73. The Labute approximate surface area is 223 Å². The van der Waals surface area contributed by atoms with Crippen LogP contribution in [-0.4, -0.2) is 29.6 Å². The largest absolute Gasteiger partial charge is 0.378 e. The van der Waals surface area contributed by atoms with Gasteiger partial charge in [-0.2, -0.15) is 0 Å². The molecule has 2 aromatic heterocycles. The van der Waals surface area contributed by atoms with Crippen LogP contribution in [0.4, 0.5) is 16.2 Å². The fourth-order valence-corrected chi connectivity index (χ4v) is 7.24. The van der Waals surface area contributed by atoms with Gasteiger partial charge in [0.15, 0.2) is 0 Å². The fourth-order valence-electron chi connectivity index (χ4n) is 5.83. The number of benzene rings is 2. The highest BCUT2D eigenvalue weighted by molar-refractivity contribution is 7.15. The molecule has 0 radical (unpaired) electrons. The molecule has 2 amide bonds. The van der Waals surface area contributed by atoms with Gasteiger partial charge in [-0.1, -0.05) is 29.8 Å². The molecule has 6 heteroatoms. The lowest BCUT2D eigenvalue weighted by molar-refractivity contribution is 0.194. The van der Waals surface area contributed by atoms with Crippen LogP contribution in [0.2, 0.25) is 0 Å². The minimum atomic E-state index is -0.198. The third kappa shape index (κ3) is 4.23. The van der Waals surface area contributed by atoms with Crippen molar-refractivity contribution in [3.63, 3.8) is 0 Å². The second-order valence-electron chi connectivity index (χ2n) is 10.6. The van der Waals surface area contributed by atoms with Gasteiger partial charge in [-0.3, -0.25) is 0 Å². The number of aromatic nitrogens is 1. The molecule has 2 aromatic carbocycles. The van der Waals surface area contributed by atoms with Crippen LogP contribution >= 0.6 is 11.3 Å². The van der Waals surface area contributed by atoms with Gasteiger partial charge in [-0.05, 0) is 86.6 Å². The van der Waals surface area contributed by atoms with Crippen molar-refractivity contribution in [1.82, 2.24) is 9.47 Å². The molecule has 0 saturated carbocycles. The number of carbonyl (C=O) groups is 1. The number of anilines is 2. The normalized spacial score (nSPS) is 16.4. The van der Waals surface area contributed by atoms with Gasteiger partial charge in [0.05, 0.1) is 18.3 Å². The van der Waals surface area contributed by atoms with Crippen molar-refractivity contribution >= 4 is 28.7 Å². The number of rotatable bonds is 3. The van der Waals surface area contributed by atoms with E-state index in [0.717, 1.165) is 41.0 Å². The number of aryl methyl sites for hydroxylation is 3. The van der Waals surface area contributed by atoms with E-state index in [1.54, 1.807) is 0 Å². The number of thiophene rings is 1. The molecule has 0 saturated heterocycles. The molecule has 6 rings (SSSR count). The van der Waals surface area contributed by atoms with Crippen LogP contribution in [0.15, 0.2) is 60.8 Å². The number of amides is 2. The highest BCUT2D eigenvalue weighted by Crippen LogP contribution is 2.44. The van der Waals surface area contributed by atoms with Crippen LogP contribution in [0.1, 0.15) is 57.3 Å². The first-order valence-electron chi connectivity index (χ1n) is 13.1. The van der Waals surface area contributed by atoms with E-state index in [1.165, 1.54) is 39.4 Å². The van der Waals surface area contributed by atoms with Crippen molar-refractivity contribution in [1.29, 1.82) is 0 Å². The van der Waals surface area contributed by atoms with Gasteiger partial charge in [-0.15, -0.1) is 11.3 Å². The van der Waals surface area contributed by atoms with Gasteiger partial charge in [0.25, 0.3) is 0 Å². The lowest BCUT2D eigenvalue weighted by Gasteiger charge is -2.32. The van der Waals surface area contributed by atoms with Crippen molar-refractivity contribution < 1.29 is 4.79 Å². The Morgan fingerprint density at radius 2 is 1.78 bits per heavy atom. The molecule has 0 fully saturated rings. The molecule has 4 aromatic rings. The predicted molar refractivity (Wildman–Crippen MR) is 153 cm³/mol. The first kappa shape index (κ1) is 23.9. The molecular formula is C31H34N4OS. The Morgan fingerprint density at radius 3 is 2.54 bits per heavy atom. The molecule has 1 aliphatic heterocycles. The lowest BCUT2D eigenvalue weighted by Crippen LogP contribution is -2.38. The number of urea groups is 1. The maximum Gasteiger partial charge on any atom is 0.322 e. The minimum Gasteiger partial charge on any atom is -0.378 e. The molecule has 2 aliphatic rings. The van der Waals surface area contributed by atoms with E-state index in [9.17, 15) is 4.79 Å². The van der Waals surface area contributed by atoms with E-state index >= 15 is 0 Å². The fraction of sp³-hybridized carbons (Fsp3) is 0.323. The van der Waals surface area contributed by atoms with Crippen LogP contribution in [-0.2, 0) is 19.4 Å². The van der Waals surface area contributed by atoms with E-state index in [2.05, 4.69) is 97.5 Å². The van der Waals surface area contributed by atoms with E-state index in [-0.39, 0.29) is 12.1 Å². The van der Waals surface area contributed by atoms with Crippen molar-refractivity contribution in [3.05, 3.63) is 99.2 Å². The Bertz CT molecular complexity index is 1460. The first-order chi connectivity index (χ1) is 17.9. The first-order valence-corrected chi connectivity index (χ1v) is 14.0. The van der Waals surface area contributed by atoms with Gasteiger partial charge < -0.3 is 19.7 Å². The molecule has 1 aliphatic carbocycles. The smallest absolute Gasteiger partial charge is 0.322 e. The van der Waals surface area contributed by atoms with Gasteiger partial charge in [0.1, 0.15) is 5.00 Å². The monoisotopic (exact) mass is 510 g/mol. The molecular weight excluding hydrogens is 476 g/mol. The van der Waals surface area contributed by atoms with E-state index in [0.29, 0.717) is 6.54 Å². The summed E-state index contributed by atoms with van der Waals surface area (Å²) in [5.41, 5.74) is 9.32. The summed E-state index contributed by atoms with van der Waals surface area (Å²) in [5, 5.41) is 4.54. The van der Waals surface area contributed by atoms with Crippen molar-refractivity contribution in [2.24, 2.45) is 0 Å². The maximum atomic E-state index is 14.1. The SMILES string of the molecule is Cc1ccc(NC(=O)N2Cc3c(sc4c3CCCC4)-n3cccc3[C@H]2c2ccc(N(C)C)cc2)c(C)c1. The zero-order valence-corrected chi connectivity index (χ0v) is 22.9. The predicted octanol–water partition coefficient (Wildman–Crippen LogP) is 7.24. The molecule has 1 N–H and O–H groups in total. The molecule has 5 nitrogen and oxygen atoms in total. The van der Waals surface area contributed by atoms with Crippen LogP contribution in [0, 0.1) is 13.8 Å².